The maximum Gasteiger partial charge on any atom is 0.222 e. The molecule has 3 nitrogen and oxygen atoms in total. The van der Waals surface area contributed by atoms with Crippen molar-refractivity contribution >= 4 is 21.8 Å². The lowest BCUT2D eigenvalue weighted by atomic mass is 10.1. The van der Waals surface area contributed by atoms with E-state index in [4.69, 9.17) is 0 Å². The molecule has 2 bridgehead atoms. The Morgan fingerprint density at radius 3 is 2.95 bits per heavy atom. The predicted octanol–water partition coefficient (Wildman–Crippen LogP) is 3.04. The zero-order chi connectivity index (χ0) is 14.8. The van der Waals surface area contributed by atoms with Gasteiger partial charge in [0, 0.05) is 36.1 Å². The number of aryl methyl sites for hydroxylation is 2. The van der Waals surface area contributed by atoms with Gasteiger partial charge in [-0.15, -0.1) is 0 Å². The van der Waals surface area contributed by atoms with Crippen LogP contribution in [0, 0.1) is 6.92 Å². The molecule has 1 aromatic carbocycles. The van der Waals surface area contributed by atoms with Gasteiger partial charge >= 0.3 is 0 Å². The monoisotopic (exact) mass is 350 g/mol. The molecule has 2 fully saturated rings. The van der Waals surface area contributed by atoms with Crippen LogP contribution in [-0.4, -0.2) is 36.0 Å². The maximum absolute atomic E-state index is 12.4. The molecule has 2 unspecified atom stereocenters. The van der Waals surface area contributed by atoms with Gasteiger partial charge < -0.3 is 10.2 Å². The largest absolute Gasteiger partial charge is 0.341 e. The van der Waals surface area contributed by atoms with Gasteiger partial charge in [-0.25, -0.2) is 0 Å². The molecule has 3 rings (SSSR count). The molecular formula is C17H23BrN2O. The van der Waals surface area contributed by atoms with Crippen LogP contribution in [-0.2, 0) is 11.2 Å². The van der Waals surface area contributed by atoms with Crippen molar-refractivity contribution in [2.45, 2.75) is 51.1 Å². The van der Waals surface area contributed by atoms with Crippen molar-refractivity contribution < 1.29 is 4.79 Å². The molecule has 0 saturated carbocycles. The number of hydrogen-bond donors (Lipinski definition) is 1. The molecule has 1 aromatic rings. The van der Waals surface area contributed by atoms with Crippen LogP contribution in [0.3, 0.4) is 0 Å². The Kier molecular flexibility index (Phi) is 4.65. The van der Waals surface area contributed by atoms with Crippen LogP contribution in [0.25, 0.3) is 0 Å². The summed E-state index contributed by atoms with van der Waals surface area (Å²) in [6.45, 7) is 3.91. The van der Waals surface area contributed by atoms with Crippen LogP contribution in [0.1, 0.15) is 36.8 Å². The molecule has 2 saturated heterocycles. The third-order valence-corrected chi connectivity index (χ3v) is 5.62. The molecule has 1 amide bonds. The highest BCUT2D eigenvalue weighted by atomic mass is 79.9. The Balaban J connectivity index is 1.55. The number of carbonyl (C=O) groups is 1. The van der Waals surface area contributed by atoms with Crippen molar-refractivity contribution in [3.05, 3.63) is 33.8 Å². The van der Waals surface area contributed by atoms with E-state index in [1.807, 2.05) is 0 Å². The number of hydrogen-bond acceptors (Lipinski definition) is 2. The second-order valence-electron chi connectivity index (χ2n) is 6.35. The number of fused-ring (bicyclic) bond motifs is 2. The van der Waals surface area contributed by atoms with E-state index in [-0.39, 0.29) is 0 Å². The smallest absolute Gasteiger partial charge is 0.222 e. The number of amides is 1. The fourth-order valence-corrected chi connectivity index (χ4v) is 3.69. The zero-order valence-electron chi connectivity index (χ0n) is 12.6. The van der Waals surface area contributed by atoms with Crippen molar-refractivity contribution in [1.82, 2.24) is 10.2 Å². The first-order valence-electron chi connectivity index (χ1n) is 7.90. The molecule has 0 aliphatic carbocycles. The van der Waals surface area contributed by atoms with E-state index in [0.29, 0.717) is 24.4 Å². The van der Waals surface area contributed by atoms with Crippen LogP contribution in [0.4, 0.5) is 0 Å². The standard InChI is InChI=1S/C17H23BrN2O/c1-12-10-13(2-6-16(12)18)3-7-17(21)20-9-8-14-4-5-15(11-20)19-14/h2,6,10,14-15,19H,3-5,7-9,11H2,1H3. The van der Waals surface area contributed by atoms with E-state index in [9.17, 15) is 4.79 Å². The van der Waals surface area contributed by atoms with E-state index >= 15 is 0 Å². The molecular weight excluding hydrogens is 328 g/mol. The number of halogens is 1. The summed E-state index contributed by atoms with van der Waals surface area (Å²) >= 11 is 3.52. The minimum Gasteiger partial charge on any atom is -0.341 e. The summed E-state index contributed by atoms with van der Waals surface area (Å²) in [6, 6.07) is 7.52. The highest BCUT2D eigenvalue weighted by Gasteiger charge is 2.30. The second-order valence-corrected chi connectivity index (χ2v) is 7.20. The van der Waals surface area contributed by atoms with E-state index in [2.05, 4.69) is 51.3 Å². The first-order chi connectivity index (χ1) is 10.1. The molecule has 2 aliphatic heterocycles. The lowest BCUT2D eigenvalue weighted by Gasteiger charge is -2.24. The Morgan fingerprint density at radius 1 is 1.33 bits per heavy atom. The van der Waals surface area contributed by atoms with E-state index in [1.54, 1.807) is 0 Å². The first kappa shape index (κ1) is 15.0. The zero-order valence-corrected chi connectivity index (χ0v) is 14.2. The van der Waals surface area contributed by atoms with Crippen LogP contribution in [0.2, 0.25) is 0 Å². The maximum atomic E-state index is 12.4. The second kappa shape index (κ2) is 6.49. The van der Waals surface area contributed by atoms with Gasteiger partial charge in [-0.05, 0) is 49.8 Å². The van der Waals surface area contributed by atoms with Crippen molar-refractivity contribution in [2.75, 3.05) is 13.1 Å². The van der Waals surface area contributed by atoms with E-state index in [1.165, 1.54) is 24.0 Å². The van der Waals surface area contributed by atoms with Crippen molar-refractivity contribution in [3.63, 3.8) is 0 Å². The van der Waals surface area contributed by atoms with Crippen LogP contribution < -0.4 is 5.32 Å². The summed E-state index contributed by atoms with van der Waals surface area (Å²) in [6.07, 6.45) is 5.08. The molecule has 114 valence electrons. The van der Waals surface area contributed by atoms with Gasteiger partial charge in [-0.2, -0.15) is 0 Å². The third kappa shape index (κ3) is 3.67. The molecule has 0 aromatic heterocycles. The average Bonchev–Trinajstić information content (AvgIpc) is 2.79. The first-order valence-corrected chi connectivity index (χ1v) is 8.70. The lowest BCUT2D eigenvalue weighted by molar-refractivity contribution is -0.131. The Labute approximate surface area is 135 Å². The SMILES string of the molecule is Cc1cc(CCC(=O)N2CCC3CCC(C2)N3)ccc1Br. The van der Waals surface area contributed by atoms with Crippen molar-refractivity contribution in [1.29, 1.82) is 0 Å². The Bertz CT molecular complexity index is 532. The van der Waals surface area contributed by atoms with Gasteiger partial charge in [0.15, 0.2) is 0 Å². The predicted molar refractivity (Wildman–Crippen MR) is 88.3 cm³/mol. The fraction of sp³-hybridized carbons (Fsp3) is 0.588. The Hall–Kier alpha value is -0.870. The van der Waals surface area contributed by atoms with Gasteiger partial charge in [-0.1, -0.05) is 28.1 Å². The molecule has 2 heterocycles. The number of carbonyl (C=O) groups excluding carboxylic acids is 1. The van der Waals surface area contributed by atoms with Gasteiger partial charge in [0.25, 0.3) is 0 Å². The van der Waals surface area contributed by atoms with Crippen LogP contribution in [0.15, 0.2) is 22.7 Å². The van der Waals surface area contributed by atoms with E-state index < -0.39 is 0 Å². The van der Waals surface area contributed by atoms with Gasteiger partial charge in [0.05, 0.1) is 0 Å². The molecule has 1 N–H and O–H groups in total. The summed E-state index contributed by atoms with van der Waals surface area (Å²) in [7, 11) is 0. The van der Waals surface area contributed by atoms with Crippen LogP contribution >= 0.6 is 15.9 Å². The third-order valence-electron chi connectivity index (χ3n) is 4.73. The number of nitrogens with zero attached hydrogens (tertiary/aromatic N) is 1. The molecule has 2 aliphatic rings. The highest BCUT2D eigenvalue weighted by molar-refractivity contribution is 9.10. The van der Waals surface area contributed by atoms with Gasteiger partial charge in [0.1, 0.15) is 0 Å². The molecule has 4 heteroatoms. The van der Waals surface area contributed by atoms with Crippen LogP contribution in [0.5, 0.6) is 0 Å². The fourth-order valence-electron chi connectivity index (χ4n) is 3.44. The minimum absolute atomic E-state index is 0.310. The molecule has 0 spiro atoms. The number of rotatable bonds is 3. The van der Waals surface area contributed by atoms with E-state index in [0.717, 1.165) is 30.4 Å². The average molecular weight is 351 g/mol. The lowest BCUT2D eigenvalue weighted by Crippen LogP contribution is -2.39. The van der Waals surface area contributed by atoms with Gasteiger partial charge in [-0.3, -0.25) is 4.79 Å². The summed E-state index contributed by atoms with van der Waals surface area (Å²) in [5.41, 5.74) is 2.48. The summed E-state index contributed by atoms with van der Waals surface area (Å²) in [4.78, 5) is 14.5. The number of likely N-dealkylation sites (tertiary alicyclic amines) is 1. The number of benzene rings is 1. The summed E-state index contributed by atoms with van der Waals surface area (Å²) in [5.74, 6) is 0.310. The normalized spacial score (nSPS) is 25.0. The quantitative estimate of drug-likeness (QED) is 0.908. The summed E-state index contributed by atoms with van der Waals surface area (Å²) in [5, 5.41) is 3.63. The summed E-state index contributed by atoms with van der Waals surface area (Å²) < 4.78 is 1.13. The Morgan fingerprint density at radius 2 is 2.14 bits per heavy atom. The highest BCUT2D eigenvalue weighted by Crippen LogP contribution is 2.22. The topological polar surface area (TPSA) is 32.3 Å². The molecule has 21 heavy (non-hydrogen) atoms. The molecule has 0 radical (unpaired) electrons. The van der Waals surface area contributed by atoms with Crippen molar-refractivity contribution in [3.8, 4) is 0 Å². The van der Waals surface area contributed by atoms with Crippen molar-refractivity contribution in [2.24, 2.45) is 0 Å². The number of nitrogens with one attached hydrogen (secondary N) is 1. The molecule has 2 atom stereocenters. The van der Waals surface area contributed by atoms with Gasteiger partial charge in [0.2, 0.25) is 5.91 Å². The minimum atomic E-state index is 0.310.